The lowest BCUT2D eigenvalue weighted by molar-refractivity contribution is -0.249. The first-order valence-electron chi connectivity index (χ1n) is 3.09. The molecule has 1 radical (unpaired) electrons. The van der Waals surface area contributed by atoms with Gasteiger partial charge in [-0.2, -0.15) is 0 Å². The van der Waals surface area contributed by atoms with Crippen LogP contribution in [0.25, 0.3) is 0 Å². The summed E-state index contributed by atoms with van der Waals surface area (Å²) in [5.41, 5.74) is 0. The lowest BCUT2D eigenvalue weighted by atomic mass is 10.7. The van der Waals surface area contributed by atoms with Crippen LogP contribution in [-0.2, 0) is 23.7 Å². The maximum atomic E-state index is 10.6. The maximum Gasteiger partial charge on any atom is 0.427 e. The van der Waals surface area contributed by atoms with Crippen molar-refractivity contribution in [2.24, 2.45) is 0 Å². The van der Waals surface area contributed by atoms with Crippen LogP contribution in [0.2, 0.25) is 0 Å². The molecule has 12 heavy (non-hydrogen) atoms. The molecule has 6 heteroatoms. The van der Waals surface area contributed by atoms with Gasteiger partial charge in [0.2, 0.25) is 0 Å². The molecule has 0 aromatic carbocycles. The third-order valence-electron chi connectivity index (χ3n) is 0.599. The normalized spacial score (nSPS) is 9.33. The summed E-state index contributed by atoms with van der Waals surface area (Å²) in [6.45, 7) is 6.96. The van der Waals surface area contributed by atoms with Gasteiger partial charge < -0.3 is 0 Å². The Bertz CT molecular complexity index is 142. The Morgan fingerprint density at radius 2 is 1.50 bits per heavy atom. The quantitative estimate of drug-likeness (QED) is 0.194. The predicted molar refractivity (Wildman–Crippen MR) is 42.1 cm³/mol. The lowest BCUT2D eigenvalue weighted by Crippen LogP contribution is -1.90. The van der Waals surface area contributed by atoms with Crippen LogP contribution in [0, 0.1) is 0 Å². The van der Waals surface area contributed by atoms with Crippen molar-refractivity contribution in [3.63, 3.8) is 0 Å². The zero-order valence-corrected chi connectivity index (χ0v) is 7.37. The zero-order chi connectivity index (χ0) is 9.23. The SMILES string of the molecule is C=CCOO[P](=O)OOCC=C. The van der Waals surface area contributed by atoms with E-state index in [1.807, 2.05) is 0 Å². The van der Waals surface area contributed by atoms with Crippen LogP contribution < -0.4 is 0 Å². The van der Waals surface area contributed by atoms with Crippen molar-refractivity contribution >= 4 is 8.25 Å². The molecule has 0 atom stereocenters. The number of hydrogen-bond donors (Lipinski definition) is 0. The van der Waals surface area contributed by atoms with Crippen LogP contribution in [0.4, 0.5) is 0 Å². The van der Waals surface area contributed by atoms with E-state index in [4.69, 9.17) is 0 Å². The van der Waals surface area contributed by atoms with Crippen LogP contribution in [0.3, 0.4) is 0 Å². The Labute approximate surface area is 71.4 Å². The first-order chi connectivity index (χ1) is 5.81. The van der Waals surface area contributed by atoms with Gasteiger partial charge in [0.25, 0.3) is 0 Å². The molecule has 0 bridgehead atoms. The molecule has 0 spiro atoms. The van der Waals surface area contributed by atoms with E-state index in [-0.39, 0.29) is 13.2 Å². The molecule has 0 saturated carbocycles. The van der Waals surface area contributed by atoms with Crippen LogP contribution in [-0.4, -0.2) is 13.2 Å². The fourth-order valence-electron chi connectivity index (χ4n) is 0.256. The lowest BCUT2D eigenvalue weighted by Gasteiger charge is -1.98. The van der Waals surface area contributed by atoms with E-state index in [9.17, 15) is 4.57 Å². The fraction of sp³-hybridized carbons (Fsp3) is 0.333. The van der Waals surface area contributed by atoms with Gasteiger partial charge in [0, 0.05) is 0 Å². The second kappa shape index (κ2) is 8.52. The molecule has 0 aliphatic rings. The van der Waals surface area contributed by atoms with E-state index in [0.717, 1.165) is 0 Å². The summed E-state index contributed by atoms with van der Waals surface area (Å²) in [4.78, 5) is 8.69. The minimum Gasteiger partial charge on any atom is -0.219 e. The largest absolute Gasteiger partial charge is 0.427 e. The van der Waals surface area contributed by atoms with Crippen molar-refractivity contribution < 1.29 is 23.7 Å². The third kappa shape index (κ3) is 7.53. The van der Waals surface area contributed by atoms with E-state index < -0.39 is 8.25 Å². The van der Waals surface area contributed by atoms with Crippen molar-refractivity contribution in [1.82, 2.24) is 0 Å². The molecule has 0 amide bonds. The molecule has 0 fully saturated rings. The summed E-state index contributed by atoms with van der Waals surface area (Å²) >= 11 is 0. The van der Waals surface area contributed by atoms with Crippen LogP contribution in [0.1, 0.15) is 0 Å². The molecule has 0 aliphatic carbocycles. The van der Waals surface area contributed by atoms with Crippen molar-refractivity contribution in [3.8, 4) is 0 Å². The second-order valence-corrected chi connectivity index (χ2v) is 2.26. The van der Waals surface area contributed by atoms with Gasteiger partial charge in [-0.15, -0.1) is 22.5 Å². The molecule has 0 saturated heterocycles. The highest BCUT2D eigenvalue weighted by atomic mass is 31.1. The van der Waals surface area contributed by atoms with Crippen LogP contribution in [0.15, 0.2) is 25.3 Å². The number of hydrogen-bond acceptors (Lipinski definition) is 5. The minimum atomic E-state index is -2.39. The topological polar surface area (TPSA) is 54.0 Å². The van der Waals surface area contributed by atoms with Gasteiger partial charge in [-0.3, -0.25) is 0 Å². The Morgan fingerprint density at radius 1 is 1.08 bits per heavy atom. The minimum absolute atomic E-state index is 0.131. The maximum absolute atomic E-state index is 10.6. The Kier molecular flexibility index (Phi) is 8.10. The zero-order valence-electron chi connectivity index (χ0n) is 6.47. The summed E-state index contributed by atoms with van der Waals surface area (Å²) in [6, 6.07) is 0. The molecular formula is C6H10O5P. The van der Waals surface area contributed by atoms with E-state index in [1.54, 1.807) is 0 Å². The predicted octanol–water partition coefficient (Wildman–Crippen LogP) is 1.91. The van der Waals surface area contributed by atoms with Crippen LogP contribution in [0.5, 0.6) is 0 Å². The molecule has 5 nitrogen and oxygen atoms in total. The highest BCUT2D eigenvalue weighted by molar-refractivity contribution is 7.32. The Hall–Kier alpha value is -0.580. The van der Waals surface area contributed by atoms with Crippen LogP contribution >= 0.6 is 8.25 Å². The average molecular weight is 193 g/mol. The summed E-state index contributed by atoms with van der Waals surface area (Å²) in [7, 11) is -2.39. The standard InChI is InChI=1S/C6H10O5P/c1-3-5-8-10-12(7)11-9-6-4-2/h3-4H,1-2,5-6H2. The van der Waals surface area contributed by atoms with E-state index in [0.29, 0.717) is 0 Å². The first-order valence-corrected chi connectivity index (χ1v) is 4.19. The second-order valence-electron chi connectivity index (χ2n) is 1.52. The highest BCUT2D eigenvalue weighted by Crippen LogP contribution is 2.23. The van der Waals surface area contributed by atoms with E-state index >= 15 is 0 Å². The van der Waals surface area contributed by atoms with E-state index in [1.165, 1.54) is 12.2 Å². The molecule has 69 valence electrons. The first kappa shape index (κ1) is 11.4. The molecule has 0 N–H and O–H groups in total. The molecule has 0 aromatic rings. The summed E-state index contributed by atoms with van der Waals surface area (Å²) in [5.74, 6) is 0. The van der Waals surface area contributed by atoms with Gasteiger partial charge in [-0.1, -0.05) is 12.2 Å². The van der Waals surface area contributed by atoms with Gasteiger partial charge in [0.1, 0.15) is 13.2 Å². The molecular weight excluding hydrogens is 183 g/mol. The van der Waals surface area contributed by atoms with Crippen molar-refractivity contribution in [1.29, 1.82) is 0 Å². The van der Waals surface area contributed by atoms with Crippen molar-refractivity contribution in [2.45, 2.75) is 0 Å². The molecule has 0 aromatic heterocycles. The average Bonchev–Trinajstić information content (AvgIpc) is 2.06. The van der Waals surface area contributed by atoms with Crippen molar-refractivity contribution in [2.75, 3.05) is 13.2 Å². The van der Waals surface area contributed by atoms with Gasteiger partial charge in [0.05, 0.1) is 0 Å². The summed E-state index contributed by atoms with van der Waals surface area (Å²) < 4.78 is 18.9. The number of rotatable bonds is 8. The summed E-state index contributed by atoms with van der Waals surface area (Å²) in [6.07, 6.45) is 2.88. The molecule has 0 rings (SSSR count). The Balaban J connectivity index is 3.21. The summed E-state index contributed by atoms with van der Waals surface area (Å²) in [5, 5.41) is 0. The van der Waals surface area contributed by atoms with Gasteiger partial charge in [-0.05, 0) is 0 Å². The molecule has 0 unspecified atom stereocenters. The van der Waals surface area contributed by atoms with Gasteiger partial charge in [0.15, 0.2) is 0 Å². The Morgan fingerprint density at radius 3 is 1.83 bits per heavy atom. The fourth-order valence-corrected chi connectivity index (χ4v) is 0.574. The van der Waals surface area contributed by atoms with Gasteiger partial charge in [-0.25, -0.2) is 14.3 Å². The molecule has 0 aliphatic heterocycles. The third-order valence-corrected chi connectivity index (χ3v) is 1.05. The highest BCUT2D eigenvalue weighted by Gasteiger charge is 2.02. The molecule has 0 heterocycles. The monoisotopic (exact) mass is 193 g/mol. The van der Waals surface area contributed by atoms with Crippen molar-refractivity contribution in [3.05, 3.63) is 25.3 Å². The smallest absolute Gasteiger partial charge is 0.219 e. The van der Waals surface area contributed by atoms with E-state index in [2.05, 4.69) is 32.3 Å². The van der Waals surface area contributed by atoms with Gasteiger partial charge >= 0.3 is 8.25 Å².